The van der Waals surface area contributed by atoms with Crippen molar-refractivity contribution in [1.82, 2.24) is 9.97 Å². The zero-order valence-electron chi connectivity index (χ0n) is 10.0. The van der Waals surface area contributed by atoms with Gasteiger partial charge < -0.3 is 10.5 Å². The molecule has 0 aliphatic rings. The Labute approximate surface area is 120 Å². The minimum atomic E-state index is -0.0680. The van der Waals surface area contributed by atoms with Crippen LogP contribution in [0.3, 0.4) is 0 Å². The van der Waals surface area contributed by atoms with Gasteiger partial charge in [-0.25, -0.2) is 9.97 Å². The standard InChI is InChI=1S/C13H14IN3O/c1-18-13-7-11(16-8-17-13)6-12(15)9-2-4-10(14)5-3-9/h2-5,7-8,12H,6,15H2,1H3. The first-order valence-corrected chi connectivity index (χ1v) is 6.63. The lowest BCUT2D eigenvalue weighted by molar-refractivity contribution is 0.395. The Hall–Kier alpha value is -1.21. The van der Waals surface area contributed by atoms with E-state index in [9.17, 15) is 0 Å². The highest BCUT2D eigenvalue weighted by Crippen LogP contribution is 2.17. The molecule has 1 aromatic carbocycles. The predicted molar refractivity (Wildman–Crippen MR) is 78.4 cm³/mol. The number of aromatic nitrogens is 2. The third-order valence-electron chi connectivity index (χ3n) is 2.63. The summed E-state index contributed by atoms with van der Waals surface area (Å²) in [7, 11) is 1.59. The molecule has 1 atom stereocenters. The lowest BCUT2D eigenvalue weighted by Crippen LogP contribution is -2.14. The molecule has 0 spiro atoms. The van der Waals surface area contributed by atoms with Gasteiger partial charge in [-0.2, -0.15) is 0 Å². The van der Waals surface area contributed by atoms with Crippen molar-refractivity contribution in [1.29, 1.82) is 0 Å². The maximum atomic E-state index is 6.16. The van der Waals surface area contributed by atoms with E-state index in [0.717, 1.165) is 11.3 Å². The van der Waals surface area contributed by atoms with E-state index in [0.29, 0.717) is 12.3 Å². The highest BCUT2D eigenvalue weighted by atomic mass is 127. The van der Waals surface area contributed by atoms with Crippen molar-refractivity contribution in [2.75, 3.05) is 7.11 Å². The van der Waals surface area contributed by atoms with Crippen LogP contribution in [0, 0.1) is 3.57 Å². The normalized spacial score (nSPS) is 12.2. The highest BCUT2D eigenvalue weighted by Gasteiger charge is 2.09. The molecule has 2 N–H and O–H groups in total. The molecule has 2 aromatic rings. The molecule has 0 bridgehead atoms. The first kappa shape index (κ1) is 13.2. The highest BCUT2D eigenvalue weighted by molar-refractivity contribution is 14.1. The van der Waals surface area contributed by atoms with E-state index in [1.807, 2.05) is 18.2 Å². The van der Waals surface area contributed by atoms with Crippen LogP contribution in [0.25, 0.3) is 0 Å². The SMILES string of the molecule is COc1cc(CC(N)c2ccc(I)cc2)ncn1. The van der Waals surface area contributed by atoms with Crippen LogP contribution in [0.4, 0.5) is 0 Å². The zero-order chi connectivity index (χ0) is 13.0. The molecule has 0 saturated heterocycles. The summed E-state index contributed by atoms with van der Waals surface area (Å²) in [5.74, 6) is 0.565. The minimum Gasteiger partial charge on any atom is -0.481 e. The molecule has 0 amide bonds. The van der Waals surface area contributed by atoms with Gasteiger partial charge in [0.25, 0.3) is 0 Å². The number of nitrogens with two attached hydrogens (primary N) is 1. The predicted octanol–water partition coefficient (Wildman–Crippen LogP) is 2.33. The summed E-state index contributed by atoms with van der Waals surface area (Å²) in [6, 6.07) is 9.94. The number of nitrogens with zero attached hydrogens (tertiary/aromatic N) is 2. The molecule has 1 heterocycles. The molecule has 94 valence electrons. The van der Waals surface area contributed by atoms with Crippen molar-refractivity contribution < 1.29 is 4.74 Å². The molecule has 5 heteroatoms. The van der Waals surface area contributed by atoms with E-state index < -0.39 is 0 Å². The number of ether oxygens (including phenoxy) is 1. The van der Waals surface area contributed by atoms with Crippen molar-refractivity contribution >= 4 is 22.6 Å². The second kappa shape index (κ2) is 6.10. The van der Waals surface area contributed by atoms with Crippen LogP contribution in [0.5, 0.6) is 5.88 Å². The largest absolute Gasteiger partial charge is 0.481 e. The van der Waals surface area contributed by atoms with Crippen LogP contribution in [-0.4, -0.2) is 17.1 Å². The smallest absolute Gasteiger partial charge is 0.216 e. The molecule has 0 radical (unpaired) electrons. The van der Waals surface area contributed by atoms with E-state index in [1.165, 1.54) is 9.90 Å². The first-order chi connectivity index (χ1) is 8.69. The van der Waals surface area contributed by atoms with Gasteiger partial charge in [0, 0.05) is 27.8 Å². The summed E-state index contributed by atoms with van der Waals surface area (Å²) in [6.07, 6.45) is 2.16. The quantitative estimate of drug-likeness (QED) is 0.856. The van der Waals surface area contributed by atoms with Crippen LogP contribution < -0.4 is 10.5 Å². The van der Waals surface area contributed by atoms with Crippen molar-refractivity contribution in [2.45, 2.75) is 12.5 Å². The summed E-state index contributed by atoms with van der Waals surface area (Å²) in [5, 5.41) is 0. The maximum absolute atomic E-state index is 6.16. The Morgan fingerprint density at radius 2 is 2.00 bits per heavy atom. The third kappa shape index (κ3) is 3.39. The van der Waals surface area contributed by atoms with Gasteiger partial charge in [-0.05, 0) is 40.3 Å². The van der Waals surface area contributed by atoms with Crippen molar-refractivity contribution in [3.8, 4) is 5.88 Å². The Balaban J connectivity index is 2.10. The average Bonchev–Trinajstić information content (AvgIpc) is 2.39. The Kier molecular flexibility index (Phi) is 4.48. The molecule has 0 aliphatic carbocycles. The fourth-order valence-corrected chi connectivity index (χ4v) is 2.01. The molecular formula is C13H14IN3O. The fraction of sp³-hybridized carbons (Fsp3) is 0.231. The Morgan fingerprint density at radius 3 is 2.67 bits per heavy atom. The molecule has 1 unspecified atom stereocenters. The van der Waals surface area contributed by atoms with Gasteiger partial charge in [0.15, 0.2) is 0 Å². The van der Waals surface area contributed by atoms with Crippen LogP contribution in [0.15, 0.2) is 36.7 Å². The fourth-order valence-electron chi connectivity index (χ4n) is 1.65. The number of halogens is 1. The van der Waals surface area contributed by atoms with Gasteiger partial charge >= 0.3 is 0 Å². The Morgan fingerprint density at radius 1 is 1.28 bits per heavy atom. The third-order valence-corrected chi connectivity index (χ3v) is 3.35. The van der Waals surface area contributed by atoms with Gasteiger partial charge in [0.05, 0.1) is 7.11 Å². The maximum Gasteiger partial charge on any atom is 0.216 e. The molecule has 0 saturated carbocycles. The van der Waals surface area contributed by atoms with Crippen LogP contribution in [-0.2, 0) is 6.42 Å². The van der Waals surface area contributed by atoms with Crippen LogP contribution in [0.2, 0.25) is 0 Å². The van der Waals surface area contributed by atoms with Gasteiger partial charge in [0.2, 0.25) is 5.88 Å². The lowest BCUT2D eigenvalue weighted by atomic mass is 10.0. The van der Waals surface area contributed by atoms with E-state index in [-0.39, 0.29) is 6.04 Å². The number of rotatable bonds is 4. The van der Waals surface area contributed by atoms with Crippen molar-refractivity contribution in [3.05, 3.63) is 51.5 Å². The summed E-state index contributed by atoms with van der Waals surface area (Å²) in [5.41, 5.74) is 8.15. The summed E-state index contributed by atoms with van der Waals surface area (Å²) in [6.45, 7) is 0. The van der Waals surface area contributed by atoms with Crippen molar-refractivity contribution in [3.63, 3.8) is 0 Å². The molecule has 18 heavy (non-hydrogen) atoms. The van der Waals surface area contributed by atoms with E-state index in [1.54, 1.807) is 7.11 Å². The van der Waals surface area contributed by atoms with Gasteiger partial charge in [0.1, 0.15) is 6.33 Å². The molecule has 0 fully saturated rings. The van der Waals surface area contributed by atoms with Gasteiger partial charge in [-0.15, -0.1) is 0 Å². The molecule has 4 nitrogen and oxygen atoms in total. The topological polar surface area (TPSA) is 61.0 Å². The average molecular weight is 355 g/mol. The van der Waals surface area contributed by atoms with E-state index in [4.69, 9.17) is 10.5 Å². The second-order valence-corrected chi connectivity index (χ2v) is 5.16. The van der Waals surface area contributed by atoms with E-state index in [2.05, 4.69) is 44.7 Å². The number of methoxy groups -OCH3 is 1. The summed E-state index contributed by atoms with van der Waals surface area (Å²) < 4.78 is 6.27. The zero-order valence-corrected chi connectivity index (χ0v) is 12.2. The number of benzene rings is 1. The van der Waals surface area contributed by atoms with Gasteiger partial charge in [-0.3, -0.25) is 0 Å². The number of hydrogen-bond donors (Lipinski definition) is 1. The summed E-state index contributed by atoms with van der Waals surface area (Å²) >= 11 is 2.27. The molecule has 1 aromatic heterocycles. The van der Waals surface area contributed by atoms with Crippen LogP contribution >= 0.6 is 22.6 Å². The van der Waals surface area contributed by atoms with Crippen molar-refractivity contribution in [2.24, 2.45) is 5.73 Å². The van der Waals surface area contributed by atoms with Crippen LogP contribution in [0.1, 0.15) is 17.3 Å². The lowest BCUT2D eigenvalue weighted by Gasteiger charge is -2.12. The first-order valence-electron chi connectivity index (χ1n) is 5.55. The second-order valence-electron chi connectivity index (χ2n) is 3.91. The van der Waals surface area contributed by atoms with E-state index >= 15 is 0 Å². The minimum absolute atomic E-state index is 0.0680. The van der Waals surface area contributed by atoms with Gasteiger partial charge in [-0.1, -0.05) is 12.1 Å². The molecule has 2 rings (SSSR count). The Bertz CT molecular complexity index is 516. The summed E-state index contributed by atoms with van der Waals surface area (Å²) in [4.78, 5) is 8.17. The monoisotopic (exact) mass is 355 g/mol. The molecule has 0 aliphatic heterocycles. The number of hydrogen-bond acceptors (Lipinski definition) is 4. The molecular weight excluding hydrogens is 341 g/mol.